The normalized spacial score (nSPS) is 19.8. The van der Waals surface area contributed by atoms with E-state index in [1.807, 2.05) is 11.4 Å². The van der Waals surface area contributed by atoms with E-state index in [1.54, 1.807) is 13.1 Å². The Morgan fingerprint density at radius 3 is 2.38 bits per heavy atom. The quantitative estimate of drug-likeness (QED) is 0.719. The van der Waals surface area contributed by atoms with Crippen molar-refractivity contribution in [2.45, 2.75) is 0 Å². The maximum atomic E-state index is 9.45. The first-order valence-electron chi connectivity index (χ1n) is 4.55. The Bertz CT molecular complexity index is 395. The second-order valence-electron chi connectivity index (χ2n) is 3.18. The second-order valence-corrected chi connectivity index (χ2v) is 4.16. The first-order valence-corrected chi connectivity index (χ1v) is 5.43. The topological polar surface area (TPSA) is 62.2 Å². The van der Waals surface area contributed by atoms with Crippen LogP contribution in [-0.4, -0.2) is 29.3 Å². The summed E-state index contributed by atoms with van der Waals surface area (Å²) in [6.07, 6.45) is 2.67. The van der Waals surface area contributed by atoms with Gasteiger partial charge < -0.3 is 24.4 Å². The van der Waals surface area contributed by atoms with E-state index in [1.165, 1.54) is 28.6 Å². The molecule has 0 atom stereocenters. The van der Waals surface area contributed by atoms with E-state index in [4.69, 9.17) is 9.31 Å². The Labute approximate surface area is 97.0 Å². The fourth-order valence-corrected chi connectivity index (χ4v) is 1.91. The molecule has 1 aliphatic rings. The molecule has 0 bridgehead atoms. The van der Waals surface area contributed by atoms with Gasteiger partial charge in [0.1, 0.15) is 0 Å². The molecule has 0 aliphatic carbocycles. The lowest BCUT2D eigenvalue weighted by atomic mass is 9.87. The Kier molecular flexibility index (Phi) is 2.96. The summed E-state index contributed by atoms with van der Waals surface area (Å²) in [5.74, 6) is -0.547. The van der Waals surface area contributed by atoms with E-state index in [9.17, 15) is 10.2 Å². The van der Waals surface area contributed by atoms with Crippen LogP contribution in [-0.2, 0) is 9.31 Å². The van der Waals surface area contributed by atoms with Gasteiger partial charge in [0, 0.05) is 7.05 Å². The predicted octanol–water partition coefficient (Wildman–Crippen LogP) is 1.14. The van der Waals surface area contributed by atoms with Crippen LogP contribution in [0.5, 0.6) is 0 Å². The average Bonchev–Trinajstić information content (AvgIpc) is 2.66. The molecule has 0 aromatic carbocycles. The molecule has 0 spiro atoms. The highest BCUT2D eigenvalue weighted by molar-refractivity contribution is 7.20. The Balaban J connectivity index is 2.23. The minimum Gasteiger partial charge on any atom is -0.494 e. The van der Waals surface area contributed by atoms with Crippen LogP contribution in [0, 0.1) is 0 Å². The third-order valence-electron chi connectivity index (χ3n) is 1.86. The molecule has 16 heavy (non-hydrogen) atoms. The number of hydrogen-bond donors (Lipinski definition) is 2. The molecule has 0 saturated carbocycles. The standard InChI is InChI=1S/C9H10BNO4S/c1-11-5-8(12)14-10(15-9(13)6-11)7-3-2-4-16-7/h2-6,12-13H,1H3/b8-5-,9-6?. The van der Waals surface area contributed by atoms with Gasteiger partial charge in [-0.3, -0.25) is 0 Å². The Morgan fingerprint density at radius 1 is 1.25 bits per heavy atom. The summed E-state index contributed by atoms with van der Waals surface area (Å²) in [6.45, 7) is 0. The van der Waals surface area contributed by atoms with Gasteiger partial charge in [-0.15, -0.1) is 0 Å². The van der Waals surface area contributed by atoms with Gasteiger partial charge in [0.25, 0.3) is 11.9 Å². The molecule has 2 N–H and O–H groups in total. The van der Waals surface area contributed by atoms with Gasteiger partial charge in [0.2, 0.25) is 0 Å². The highest BCUT2D eigenvalue weighted by Gasteiger charge is 2.30. The van der Waals surface area contributed by atoms with Crippen LogP contribution in [0.2, 0.25) is 0 Å². The molecule has 0 unspecified atom stereocenters. The monoisotopic (exact) mass is 239 g/mol. The molecule has 2 rings (SSSR count). The number of nitrogens with zero attached hydrogens (tertiary/aromatic N) is 1. The molecule has 7 heteroatoms. The molecule has 1 aromatic heterocycles. The molecule has 0 saturated heterocycles. The number of aliphatic hydroxyl groups excluding tert-OH is 2. The molecule has 5 nitrogen and oxygen atoms in total. The van der Waals surface area contributed by atoms with Gasteiger partial charge in [-0.1, -0.05) is 6.07 Å². The van der Waals surface area contributed by atoms with Crippen molar-refractivity contribution < 1.29 is 19.5 Å². The van der Waals surface area contributed by atoms with Crippen LogP contribution < -0.4 is 4.78 Å². The summed E-state index contributed by atoms with van der Waals surface area (Å²) in [4.78, 5) is 1.43. The van der Waals surface area contributed by atoms with Crippen molar-refractivity contribution in [3.63, 3.8) is 0 Å². The minimum atomic E-state index is -0.832. The number of thiophene rings is 1. The molecule has 1 aliphatic heterocycles. The molecule has 2 heterocycles. The molecule has 0 radical (unpaired) electrons. The largest absolute Gasteiger partial charge is 0.647 e. The zero-order valence-electron chi connectivity index (χ0n) is 8.53. The third-order valence-corrected chi connectivity index (χ3v) is 2.75. The maximum Gasteiger partial charge on any atom is 0.647 e. The van der Waals surface area contributed by atoms with Crippen LogP contribution in [0.3, 0.4) is 0 Å². The summed E-state index contributed by atoms with van der Waals surface area (Å²) < 4.78 is 11.0. The summed E-state index contributed by atoms with van der Waals surface area (Å²) in [5, 5.41) is 20.8. The maximum absolute atomic E-state index is 9.45. The molecule has 0 amide bonds. The van der Waals surface area contributed by atoms with Gasteiger partial charge in [-0.05, 0) is 11.4 Å². The SMILES string of the molecule is CN1C=C(O)OB(c2cccs2)O/C(O)=C\1. The van der Waals surface area contributed by atoms with Crippen molar-refractivity contribution in [2.75, 3.05) is 7.05 Å². The van der Waals surface area contributed by atoms with E-state index in [0.717, 1.165) is 4.78 Å². The highest BCUT2D eigenvalue weighted by Crippen LogP contribution is 2.10. The van der Waals surface area contributed by atoms with E-state index in [0.29, 0.717) is 0 Å². The van der Waals surface area contributed by atoms with Crippen molar-refractivity contribution in [1.29, 1.82) is 0 Å². The molecular weight excluding hydrogens is 229 g/mol. The third kappa shape index (κ3) is 2.43. The fourth-order valence-electron chi connectivity index (χ4n) is 1.23. The van der Waals surface area contributed by atoms with Crippen molar-refractivity contribution in [1.82, 2.24) is 4.90 Å². The minimum absolute atomic E-state index is 0.273. The highest BCUT2D eigenvalue weighted by atomic mass is 32.1. The number of aliphatic hydroxyl groups is 2. The van der Waals surface area contributed by atoms with Gasteiger partial charge in [-0.25, -0.2) is 0 Å². The van der Waals surface area contributed by atoms with Crippen molar-refractivity contribution in [3.05, 3.63) is 41.8 Å². The average molecular weight is 239 g/mol. The van der Waals surface area contributed by atoms with Gasteiger partial charge in [0.15, 0.2) is 0 Å². The number of hydrogen-bond acceptors (Lipinski definition) is 6. The fraction of sp³-hybridized carbons (Fsp3) is 0.111. The summed E-state index contributed by atoms with van der Waals surface area (Å²) >= 11 is 1.41. The van der Waals surface area contributed by atoms with Gasteiger partial charge in [-0.2, -0.15) is 11.3 Å². The Morgan fingerprint density at radius 2 is 1.88 bits per heavy atom. The molecule has 84 valence electrons. The van der Waals surface area contributed by atoms with E-state index in [-0.39, 0.29) is 11.9 Å². The first-order chi connectivity index (χ1) is 7.65. The predicted molar refractivity (Wildman–Crippen MR) is 61.1 cm³/mol. The summed E-state index contributed by atoms with van der Waals surface area (Å²) in [7, 11) is 0.797. The lowest BCUT2D eigenvalue weighted by molar-refractivity contribution is 0.125. The Hall–Kier alpha value is -1.76. The van der Waals surface area contributed by atoms with E-state index >= 15 is 0 Å². The van der Waals surface area contributed by atoms with Crippen molar-refractivity contribution in [3.8, 4) is 0 Å². The van der Waals surface area contributed by atoms with Crippen LogP contribution in [0.25, 0.3) is 0 Å². The number of rotatable bonds is 1. The first kappa shape index (κ1) is 10.8. The van der Waals surface area contributed by atoms with Crippen LogP contribution in [0.1, 0.15) is 0 Å². The van der Waals surface area contributed by atoms with Gasteiger partial charge >= 0.3 is 7.12 Å². The molecular formula is C9H10BNO4S. The van der Waals surface area contributed by atoms with E-state index < -0.39 is 7.12 Å². The lowest BCUT2D eigenvalue weighted by Crippen LogP contribution is -2.35. The zero-order chi connectivity index (χ0) is 11.5. The lowest BCUT2D eigenvalue weighted by Gasteiger charge is -2.19. The van der Waals surface area contributed by atoms with Crippen molar-refractivity contribution >= 4 is 23.2 Å². The van der Waals surface area contributed by atoms with Crippen LogP contribution in [0.4, 0.5) is 0 Å². The van der Waals surface area contributed by atoms with Crippen LogP contribution >= 0.6 is 11.3 Å². The molecule has 1 aromatic rings. The summed E-state index contributed by atoms with van der Waals surface area (Å²) in [6, 6.07) is 3.63. The zero-order valence-corrected chi connectivity index (χ0v) is 9.35. The van der Waals surface area contributed by atoms with E-state index in [2.05, 4.69) is 0 Å². The van der Waals surface area contributed by atoms with Crippen LogP contribution in [0.15, 0.2) is 41.8 Å². The van der Waals surface area contributed by atoms with Crippen molar-refractivity contribution in [2.24, 2.45) is 0 Å². The molecule has 0 fully saturated rings. The smallest absolute Gasteiger partial charge is 0.494 e. The second kappa shape index (κ2) is 4.40. The van der Waals surface area contributed by atoms with Gasteiger partial charge in [0.05, 0.1) is 17.2 Å². The summed E-state index contributed by atoms with van der Waals surface area (Å²) in [5.41, 5.74) is 0.